The summed E-state index contributed by atoms with van der Waals surface area (Å²) in [6.07, 6.45) is 0. The van der Waals surface area contributed by atoms with Crippen LogP contribution in [0.25, 0.3) is 0 Å². The first-order valence-corrected chi connectivity index (χ1v) is 9.17. The fraction of sp³-hybridized carbons (Fsp3) is 0.286. The number of amides is 3. The molecule has 0 radical (unpaired) electrons. The highest BCUT2D eigenvalue weighted by molar-refractivity contribution is 6.11. The summed E-state index contributed by atoms with van der Waals surface area (Å²) in [6.45, 7) is 1.29. The SMILES string of the molecule is COc1ccc(C(=O)CN2C(=O)N[C@@](C)(c3ccc4c(c3)OCO4)C2=O)cc1OC. The molecule has 0 unspecified atom stereocenters. The zero-order valence-electron chi connectivity index (χ0n) is 16.7. The third kappa shape index (κ3) is 3.08. The van der Waals surface area contributed by atoms with Crippen LogP contribution < -0.4 is 24.3 Å². The molecular formula is C21H20N2O7. The lowest BCUT2D eigenvalue weighted by atomic mass is 9.91. The highest BCUT2D eigenvalue weighted by atomic mass is 16.7. The van der Waals surface area contributed by atoms with Crippen LogP contribution in [0, 0.1) is 0 Å². The zero-order chi connectivity index (χ0) is 21.5. The number of rotatable bonds is 6. The minimum atomic E-state index is -1.32. The van der Waals surface area contributed by atoms with Crippen LogP contribution in [0.15, 0.2) is 36.4 Å². The van der Waals surface area contributed by atoms with Crippen LogP contribution in [-0.2, 0) is 10.3 Å². The van der Waals surface area contributed by atoms with Gasteiger partial charge in [-0.3, -0.25) is 14.5 Å². The van der Waals surface area contributed by atoms with Crippen LogP contribution in [-0.4, -0.2) is 50.2 Å². The predicted octanol–water partition coefficient (Wildman–Crippen LogP) is 2.08. The van der Waals surface area contributed by atoms with Crippen LogP contribution in [0.3, 0.4) is 0 Å². The number of ketones is 1. The maximum Gasteiger partial charge on any atom is 0.325 e. The van der Waals surface area contributed by atoms with Crippen molar-refractivity contribution in [2.24, 2.45) is 0 Å². The van der Waals surface area contributed by atoms with Crippen LogP contribution >= 0.6 is 0 Å². The summed E-state index contributed by atoms with van der Waals surface area (Å²) >= 11 is 0. The maximum absolute atomic E-state index is 13.1. The second-order valence-corrected chi connectivity index (χ2v) is 7.01. The number of urea groups is 1. The number of carbonyl (C=O) groups is 3. The number of hydrogen-bond acceptors (Lipinski definition) is 7. The van der Waals surface area contributed by atoms with Gasteiger partial charge in [0, 0.05) is 5.56 Å². The number of Topliss-reactive ketones (excluding diaryl/α,β-unsaturated/α-hetero) is 1. The van der Waals surface area contributed by atoms with Crippen molar-refractivity contribution in [3.05, 3.63) is 47.5 Å². The minimum Gasteiger partial charge on any atom is -0.493 e. The molecule has 2 aromatic carbocycles. The molecule has 2 aliphatic rings. The second kappa shape index (κ2) is 7.25. The fourth-order valence-corrected chi connectivity index (χ4v) is 3.49. The van der Waals surface area contributed by atoms with E-state index in [-0.39, 0.29) is 6.79 Å². The van der Waals surface area contributed by atoms with Crippen molar-refractivity contribution in [3.63, 3.8) is 0 Å². The average Bonchev–Trinajstić information content (AvgIpc) is 3.31. The number of nitrogens with zero attached hydrogens (tertiary/aromatic N) is 1. The van der Waals surface area contributed by atoms with E-state index in [4.69, 9.17) is 18.9 Å². The van der Waals surface area contributed by atoms with Gasteiger partial charge in [0.05, 0.1) is 20.8 Å². The van der Waals surface area contributed by atoms with Crippen molar-refractivity contribution in [2.75, 3.05) is 27.6 Å². The quantitative estimate of drug-likeness (QED) is 0.572. The molecular weight excluding hydrogens is 392 g/mol. The minimum absolute atomic E-state index is 0.0990. The zero-order valence-corrected chi connectivity index (χ0v) is 16.7. The normalized spacial score (nSPS) is 19.6. The molecule has 0 bridgehead atoms. The Bertz CT molecular complexity index is 1050. The third-order valence-electron chi connectivity index (χ3n) is 5.23. The molecule has 156 valence electrons. The molecule has 2 aliphatic heterocycles. The van der Waals surface area contributed by atoms with Gasteiger partial charge in [0.25, 0.3) is 5.91 Å². The predicted molar refractivity (Wildman–Crippen MR) is 104 cm³/mol. The van der Waals surface area contributed by atoms with E-state index in [0.29, 0.717) is 34.1 Å². The number of fused-ring (bicyclic) bond motifs is 1. The second-order valence-electron chi connectivity index (χ2n) is 7.01. The summed E-state index contributed by atoms with van der Waals surface area (Å²) in [6, 6.07) is 9.03. The van der Waals surface area contributed by atoms with Crippen molar-refractivity contribution in [1.82, 2.24) is 10.2 Å². The number of nitrogens with one attached hydrogen (secondary N) is 1. The number of hydrogen-bond donors (Lipinski definition) is 1. The summed E-state index contributed by atoms with van der Waals surface area (Å²) in [5.74, 6) is 0.981. The molecule has 0 saturated carbocycles. The van der Waals surface area contributed by atoms with Gasteiger partial charge in [-0.15, -0.1) is 0 Å². The molecule has 9 nitrogen and oxygen atoms in total. The molecule has 9 heteroatoms. The number of ether oxygens (including phenoxy) is 4. The van der Waals surface area contributed by atoms with Crippen molar-refractivity contribution in [2.45, 2.75) is 12.5 Å². The molecule has 1 atom stereocenters. The summed E-state index contributed by atoms with van der Waals surface area (Å²) in [5.41, 5.74) is -0.494. The van der Waals surface area contributed by atoms with E-state index in [1.165, 1.54) is 20.3 Å². The third-order valence-corrected chi connectivity index (χ3v) is 5.23. The Hall–Kier alpha value is -3.75. The Kier molecular flexibility index (Phi) is 4.73. The van der Waals surface area contributed by atoms with Crippen LogP contribution in [0.4, 0.5) is 4.79 Å². The van der Waals surface area contributed by atoms with E-state index in [2.05, 4.69) is 5.32 Å². The summed E-state index contributed by atoms with van der Waals surface area (Å²) in [7, 11) is 2.95. The first kappa shape index (κ1) is 19.6. The molecule has 0 aromatic heterocycles. The highest BCUT2D eigenvalue weighted by Gasteiger charge is 2.49. The van der Waals surface area contributed by atoms with Gasteiger partial charge in [-0.1, -0.05) is 6.07 Å². The summed E-state index contributed by atoms with van der Waals surface area (Å²) in [4.78, 5) is 39.3. The number of benzene rings is 2. The van der Waals surface area contributed by atoms with Crippen molar-refractivity contribution in [1.29, 1.82) is 0 Å². The van der Waals surface area contributed by atoms with Gasteiger partial charge in [-0.25, -0.2) is 4.79 Å². The number of methoxy groups -OCH3 is 2. The molecule has 1 fully saturated rings. The van der Waals surface area contributed by atoms with Crippen molar-refractivity contribution < 1.29 is 33.3 Å². The average molecular weight is 412 g/mol. The van der Waals surface area contributed by atoms with Crippen LogP contribution in [0.1, 0.15) is 22.8 Å². The van der Waals surface area contributed by atoms with Crippen LogP contribution in [0.2, 0.25) is 0 Å². The topological polar surface area (TPSA) is 103 Å². The Morgan fingerprint density at radius 1 is 1.07 bits per heavy atom. The fourth-order valence-electron chi connectivity index (χ4n) is 3.49. The van der Waals surface area contributed by atoms with Gasteiger partial charge < -0.3 is 24.3 Å². The van der Waals surface area contributed by atoms with Crippen molar-refractivity contribution >= 4 is 17.7 Å². The van der Waals surface area contributed by atoms with E-state index >= 15 is 0 Å². The molecule has 0 aliphatic carbocycles. The first-order valence-electron chi connectivity index (χ1n) is 9.17. The van der Waals surface area contributed by atoms with Gasteiger partial charge in [-0.2, -0.15) is 0 Å². The lowest BCUT2D eigenvalue weighted by molar-refractivity contribution is -0.130. The molecule has 2 heterocycles. The van der Waals surface area contributed by atoms with Crippen molar-refractivity contribution in [3.8, 4) is 23.0 Å². The monoisotopic (exact) mass is 412 g/mol. The largest absolute Gasteiger partial charge is 0.493 e. The first-order chi connectivity index (χ1) is 14.4. The molecule has 4 rings (SSSR count). The van der Waals surface area contributed by atoms with Gasteiger partial charge in [0.15, 0.2) is 28.8 Å². The van der Waals surface area contributed by atoms with Gasteiger partial charge in [-0.05, 0) is 42.8 Å². The molecule has 1 saturated heterocycles. The molecule has 30 heavy (non-hydrogen) atoms. The number of carbonyl (C=O) groups excluding carboxylic acids is 3. The summed E-state index contributed by atoms with van der Waals surface area (Å²) < 4.78 is 21.0. The molecule has 1 N–H and O–H groups in total. The van der Waals surface area contributed by atoms with E-state index in [9.17, 15) is 14.4 Å². The molecule has 2 aromatic rings. The lowest BCUT2D eigenvalue weighted by Crippen LogP contribution is -2.41. The van der Waals surface area contributed by atoms with E-state index in [0.717, 1.165) is 4.90 Å². The van der Waals surface area contributed by atoms with E-state index in [1.807, 2.05) is 0 Å². The van der Waals surface area contributed by atoms with E-state index < -0.39 is 29.8 Å². The van der Waals surface area contributed by atoms with Gasteiger partial charge in [0.1, 0.15) is 5.54 Å². The Balaban J connectivity index is 1.56. The van der Waals surface area contributed by atoms with Gasteiger partial charge >= 0.3 is 6.03 Å². The smallest absolute Gasteiger partial charge is 0.325 e. The molecule has 3 amide bonds. The number of imide groups is 1. The standard InChI is InChI=1S/C21H20N2O7/c1-21(13-5-7-16-18(9-13)30-11-29-16)19(25)23(20(26)22-21)10-14(24)12-4-6-15(27-2)17(8-12)28-3/h4-9H,10-11H2,1-3H3,(H,22,26)/t21-/m0/s1. The maximum atomic E-state index is 13.1. The molecule has 0 spiro atoms. The van der Waals surface area contributed by atoms with Crippen LogP contribution in [0.5, 0.6) is 23.0 Å². The Labute approximate surface area is 172 Å². The van der Waals surface area contributed by atoms with E-state index in [1.54, 1.807) is 37.3 Å². The Morgan fingerprint density at radius 3 is 2.53 bits per heavy atom. The lowest BCUT2D eigenvalue weighted by Gasteiger charge is -2.22. The summed E-state index contributed by atoms with van der Waals surface area (Å²) in [5, 5.41) is 2.68. The highest BCUT2D eigenvalue weighted by Crippen LogP contribution is 2.38. The Morgan fingerprint density at radius 2 is 1.80 bits per heavy atom. The van der Waals surface area contributed by atoms with Gasteiger partial charge in [0.2, 0.25) is 6.79 Å².